The van der Waals surface area contributed by atoms with E-state index in [0.717, 1.165) is 11.1 Å². The largest absolute Gasteiger partial charge is 0.355 e. The maximum Gasteiger partial charge on any atom is 0.273 e. The van der Waals surface area contributed by atoms with E-state index in [0.29, 0.717) is 12.2 Å². The van der Waals surface area contributed by atoms with Gasteiger partial charge in [-0.25, -0.2) is 8.42 Å². The lowest BCUT2D eigenvalue weighted by Gasteiger charge is -2.05. The first-order chi connectivity index (χ1) is 13.0. The van der Waals surface area contributed by atoms with Crippen LogP contribution in [0.1, 0.15) is 22.5 Å². The fourth-order valence-electron chi connectivity index (χ4n) is 2.51. The third-order valence-electron chi connectivity index (χ3n) is 3.84. The SMILES string of the molecule is O=C(NCCCS(=O)(=O)Cc1ccccc1)c1cc(-c2cccnc2)on1. The zero-order valence-corrected chi connectivity index (χ0v) is 15.4. The van der Waals surface area contributed by atoms with Crippen molar-refractivity contribution in [1.82, 2.24) is 15.5 Å². The van der Waals surface area contributed by atoms with Crippen LogP contribution in [0.15, 0.2) is 65.4 Å². The van der Waals surface area contributed by atoms with Crippen molar-refractivity contribution in [3.05, 3.63) is 72.2 Å². The Kier molecular flexibility index (Phi) is 5.97. The minimum absolute atomic E-state index is 0.000453. The van der Waals surface area contributed by atoms with Crippen LogP contribution in [0.2, 0.25) is 0 Å². The number of benzene rings is 1. The highest BCUT2D eigenvalue weighted by Crippen LogP contribution is 2.18. The van der Waals surface area contributed by atoms with Gasteiger partial charge in [0.25, 0.3) is 5.91 Å². The smallest absolute Gasteiger partial charge is 0.273 e. The molecule has 0 saturated carbocycles. The second-order valence-electron chi connectivity index (χ2n) is 6.01. The average Bonchev–Trinajstić information content (AvgIpc) is 3.17. The Bertz CT molecular complexity index is 986. The van der Waals surface area contributed by atoms with Crippen LogP contribution in [0.3, 0.4) is 0 Å². The molecule has 0 aliphatic carbocycles. The number of carbonyl (C=O) groups excluding carboxylic acids is 1. The predicted molar refractivity (Wildman–Crippen MR) is 101 cm³/mol. The summed E-state index contributed by atoms with van der Waals surface area (Å²) in [6.07, 6.45) is 3.58. The predicted octanol–water partition coefficient (Wildman–Crippen LogP) is 2.47. The average molecular weight is 385 g/mol. The molecule has 0 spiro atoms. The van der Waals surface area contributed by atoms with Crippen molar-refractivity contribution < 1.29 is 17.7 Å². The molecule has 3 aromatic rings. The van der Waals surface area contributed by atoms with E-state index < -0.39 is 15.7 Å². The molecule has 3 rings (SSSR count). The van der Waals surface area contributed by atoms with Crippen molar-refractivity contribution in [2.24, 2.45) is 0 Å². The van der Waals surface area contributed by atoms with E-state index in [9.17, 15) is 13.2 Å². The Morgan fingerprint density at radius 1 is 1.11 bits per heavy atom. The van der Waals surface area contributed by atoms with E-state index in [2.05, 4.69) is 15.5 Å². The van der Waals surface area contributed by atoms with Crippen LogP contribution < -0.4 is 5.32 Å². The maximum atomic E-state index is 12.1. The minimum atomic E-state index is -3.22. The van der Waals surface area contributed by atoms with Gasteiger partial charge in [-0.15, -0.1) is 0 Å². The van der Waals surface area contributed by atoms with E-state index in [1.807, 2.05) is 18.2 Å². The third-order valence-corrected chi connectivity index (χ3v) is 5.52. The molecule has 1 amide bonds. The standard InChI is InChI=1S/C19H19N3O4S/c23-19(17-12-18(26-22-17)16-8-4-9-20-13-16)21-10-5-11-27(24,25)14-15-6-2-1-3-7-15/h1-4,6-9,12-13H,5,10-11,14H2,(H,21,23). The molecule has 0 aliphatic rings. The Labute approximate surface area is 157 Å². The molecule has 0 bridgehead atoms. The highest BCUT2D eigenvalue weighted by molar-refractivity contribution is 7.90. The van der Waals surface area contributed by atoms with Gasteiger partial charge in [-0.3, -0.25) is 9.78 Å². The topological polar surface area (TPSA) is 102 Å². The van der Waals surface area contributed by atoms with Crippen LogP contribution in [0.25, 0.3) is 11.3 Å². The highest BCUT2D eigenvalue weighted by atomic mass is 32.2. The van der Waals surface area contributed by atoms with Crippen LogP contribution >= 0.6 is 0 Å². The summed E-state index contributed by atoms with van der Waals surface area (Å²) >= 11 is 0. The van der Waals surface area contributed by atoms with Crippen LogP contribution in [0.5, 0.6) is 0 Å². The Hall–Kier alpha value is -3.00. The van der Waals surface area contributed by atoms with Gasteiger partial charge in [0.05, 0.1) is 11.5 Å². The Morgan fingerprint density at radius 2 is 1.93 bits per heavy atom. The first-order valence-electron chi connectivity index (χ1n) is 8.43. The molecular formula is C19H19N3O4S. The number of rotatable bonds is 8. The summed E-state index contributed by atoms with van der Waals surface area (Å²) in [5.74, 6) is 0.0367. The number of nitrogens with zero attached hydrogens (tertiary/aromatic N) is 2. The first-order valence-corrected chi connectivity index (χ1v) is 10.3. The summed E-state index contributed by atoms with van der Waals surface area (Å²) in [7, 11) is -3.22. The van der Waals surface area contributed by atoms with Gasteiger partial charge in [0.15, 0.2) is 21.3 Å². The number of amides is 1. The number of hydrogen-bond acceptors (Lipinski definition) is 6. The fraction of sp³-hybridized carbons (Fsp3) is 0.211. The van der Waals surface area contributed by atoms with Gasteiger partial charge in [0, 0.05) is 30.6 Å². The van der Waals surface area contributed by atoms with Crippen molar-refractivity contribution in [3.8, 4) is 11.3 Å². The van der Waals surface area contributed by atoms with Gasteiger partial charge in [-0.2, -0.15) is 0 Å². The summed E-state index contributed by atoms with van der Waals surface area (Å²) in [6, 6.07) is 14.1. The molecule has 2 aromatic heterocycles. The lowest BCUT2D eigenvalue weighted by Crippen LogP contribution is -2.26. The number of hydrogen-bond donors (Lipinski definition) is 1. The van der Waals surface area contributed by atoms with Crippen LogP contribution in [0, 0.1) is 0 Å². The van der Waals surface area contributed by atoms with Crippen molar-refractivity contribution in [3.63, 3.8) is 0 Å². The Morgan fingerprint density at radius 3 is 2.67 bits per heavy atom. The molecule has 0 aliphatic heterocycles. The Balaban J connectivity index is 1.46. The maximum absolute atomic E-state index is 12.1. The van der Waals surface area contributed by atoms with E-state index >= 15 is 0 Å². The number of carbonyl (C=O) groups is 1. The van der Waals surface area contributed by atoms with Crippen molar-refractivity contribution in [1.29, 1.82) is 0 Å². The molecule has 7 nitrogen and oxygen atoms in total. The number of nitrogens with one attached hydrogen (secondary N) is 1. The van der Waals surface area contributed by atoms with Crippen LogP contribution in [-0.2, 0) is 15.6 Å². The molecule has 1 aromatic carbocycles. The molecule has 0 saturated heterocycles. The van der Waals surface area contributed by atoms with Gasteiger partial charge >= 0.3 is 0 Å². The van der Waals surface area contributed by atoms with Crippen LogP contribution in [0.4, 0.5) is 0 Å². The summed E-state index contributed by atoms with van der Waals surface area (Å²) in [5.41, 5.74) is 1.61. The van der Waals surface area contributed by atoms with Gasteiger partial charge in [0.2, 0.25) is 0 Å². The summed E-state index contributed by atoms with van der Waals surface area (Å²) in [6.45, 7) is 0.238. The molecule has 8 heteroatoms. The minimum Gasteiger partial charge on any atom is -0.355 e. The van der Waals surface area contributed by atoms with Gasteiger partial charge in [-0.1, -0.05) is 35.5 Å². The molecular weight excluding hydrogens is 366 g/mol. The third kappa shape index (κ3) is 5.49. The van der Waals surface area contributed by atoms with E-state index in [1.54, 1.807) is 36.7 Å². The molecule has 0 radical (unpaired) electrons. The van der Waals surface area contributed by atoms with Crippen molar-refractivity contribution >= 4 is 15.7 Å². The number of sulfone groups is 1. The summed E-state index contributed by atoms with van der Waals surface area (Å²) in [5, 5.41) is 6.40. The molecule has 0 unspecified atom stereocenters. The van der Waals surface area contributed by atoms with E-state index in [-0.39, 0.29) is 23.7 Å². The summed E-state index contributed by atoms with van der Waals surface area (Å²) in [4.78, 5) is 16.1. The van der Waals surface area contributed by atoms with Crippen molar-refractivity contribution in [2.75, 3.05) is 12.3 Å². The molecule has 0 atom stereocenters. The fourth-order valence-corrected chi connectivity index (χ4v) is 3.94. The quantitative estimate of drug-likeness (QED) is 0.598. The van der Waals surface area contributed by atoms with Crippen LogP contribution in [-0.4, -0.2) is 36.8 Å². The van der Waals surface area contributed by atoms with Gasteiger partial charge < -0.3 is 9.84 Å². The monoisotopic (exact) mass is 385 g/mol. The molecule has 2 heterocycles. The van der Waals surface area contributed by atoms with Gasteiger partial charge in [-0.05, 0) is 24.1 Å². The molecule has 1 N–H and O–H groups in total. The number of pyridine rings is 1. The van der Waals surface area contributed by atoms with E-state index in [1.165, 1.54) is 6.07 Å². The second-order valence-corrected chi connectivity index (χ2v) is 8.19. The summed E-state index contributed by atoms with van der Waals surface area (Å²) < 4.78 is 29.4. The normalized spacial score (nSPS) is 11.3. The second kappa shape index (κ2) is 8.59. The van der Waals surface area contributed by atoms with E-state index in [4.69, 9.17) is 4.52 Å². The van der Waals surface area contributed by atoms with Crippen molar-refractivity contribution in [2.45, 2.75) is 12.2 Å². The molecule has 0 fully saturated rings. The molecule has 140 valence electrons. The lowest BCUT2D eigenvalue weighted by molar-refractivity contribution is 0.0944. The number of aromatic nitrogens is 2. The highest BCUT2D eigenvalue weighted by Gasteiger charge is 2.15. The zero-order chi connectivity index (χ0) is 19.1. The molecule has 27 heavy (non-hydrogen) atoms. The first kappa shape index (κ1) is 18.8. The zero-order valence-electron chi connectivity index (χ0n) is 14.5. The lowest BCUT2D eigenvalue weighted by atomic mass is 10.2. The van der Waals surface area contributed by atoms with Gasteiger partial charge in [0.1, 0.15) is 0 Å².